The van der Waals surface area contributed by atoms with Crippen LogP contribution in [0, 0.1) is 0 Å². The molecular weight excluding hydrogens is 124 g/mol. The SMILES string of the molecule is CC(COC=O)OC=O. The van der Waals surface area contributed by atoms with Crippen molar-refractivity contribution in [3.05, 3.63) is 0 Å². The molecule has 4 heteroatoms. The Morgan fingerprint density at radius 1 is 1.44 bits per heavy atom. The zero-order valence-corrected chi connectivity index (χ0v) is 5.07. The molecule has 0 N–H and O–H groups in total. The van der Waals surface area contributed by atoms with E-state index < -0.39 is 0 Å². The second-order valence-electron chi connectivity index (χ2n) is 1.47. The van der Waals surface area contributed by atoms with Gasteiger partial charge in [0.05, 0.1) is 0 Å². The molecule has 0 saturated heterocycles. The third-order valence-corrected chi connectivity index (χ3v) is 0.687. The van der Waals surface area contributed by atoms with Gasteiger partial charge in [0, 0.05) is 0 Å². The number of hydrogen-bond acceptors (Lipinski definition) is 4. The monoisotopic (exact) mass is 132 g/mol. The van der Waals surface area contributed by atoms with Gasteiger partial charge in [-0.15, -0.1) is 0 Å². The van der Waals surface area contributed by atoms with E-state index in [1.807, 2.05) is 0 Å². The summed E-state index contributed by atoms with van der Waals surface area (Å²) in [5, 5.41) is 0. The van der Waals surface area contributed by atoms with Crippen LogP contribution in [0.1, 0.15) is 6.92 Å². The van der Waals surface area contributed by atoms with Crippen molar-refractivity contribution in [2.24, 2.45) is 0 Å². The Balaban J connectivity index is 3.14. The van der Waals surface area contributed by atoms with Gasteiger partial charge in [0.15, 0.2) is 0 Å². The van der Waals surface area contributed by atoms with E-state index in [0.717, 1.165) is 0 Å². The Morgan fingerprint density at radius 3 is 2.56 bits per heavy atom. The van der Waals surface area contributed by atoms with E-state index in [1.54, 1.807) is 6.92 Å². The Bertz CT molecular complexity index is 91.0. The van der Waals surface area contributed by atoms with E-state index in [1.165, 1.54) is 0 Å². The quantitative estimate of drug-likeness (QED) is 0.483. The van der Waals surface area contributed by atoms with Gasteiger partial charge in [-0.2, -0.15) is 0 Å². The smallest absolute Gasteiger partial charge is 0.293 e. The molecular formula is C5H8O4. The van der Waals surface area contributed by atoms with Crippen LogP contribution in [0.3, 0.4) is 0 Å². The maximum atomic E-state index is 9.61. The summed E-state index contributed by atoms with van der Waals surface area (Å²) in [5.74, 6) is 0. The first-order chi connectivity index (χ1) is 4.31. The molecule has 0 radical (unpaired) electrons. The molecule has 9 heavy (non-hydrogen) atoms. The minimum absolute atomic E-state index is 0.113. The minimum atomic E-state index is -0.354. The topological polar surface area (TPSA) is 52.6 Å². The molecule has 0 fully saturated rings. The summed E-state index contributed by atoms with van der Waals surface area (Å²) in [6, 6.07) is 0. The van der Waals surface area contributed by atoms with Gasteiger partial charge in [-0.1, -0.05) is 0 Å². The second kappa shape index (κ2) is 5.08. The fourth-order valence-electron chi connectivity index (χ4n) is 0.309. The zero-order chi connectivity index (χ0) is 7.11. The number of hydrogen-bond donors (Lipinski definition) is 0. The van der Waals surface area contributed by atoms with Crippen LogP contribution in [0.25, 0.3) is 0 Å². The van der Waals surface area contributed by atoms with Gasteiger partial charge >= 0.3 is 0 Å². The van der Waals surface area contributed by atoms with Crippen molar-refractivity contribution in [1.82, 2.24) is 0 Å². The molecule has 0 aliphatic rings. The van der Waals surface area contributed by atoms with Crippen LogP contribution in [0.5, 0.6) is 0 Å². The van der Waals surface area contributed by atoms with Crippen LogP contribution in [0.4, 0.5) is 0 Å². The molecule has 0 aromatic rings. The molecule has 0 saturated carbocycles. The average Bonchev–Trinajstić information content (AvgIpc) is 1.85. The highest BCUT2D eigenvalue weighted by molar-refractivity contribution is 5.38. The molecule has 0 bridgehead atoms. The van der Waals surface area contributed by atoms with Crippen molar-refractivity contribution in [1.29, 1.82) is 0 Å². The van der Waals surface area contributed by atoms with E-state index in [-0.39, 0.29) is 12.7 Å². The predicted octanol–water partition coefficient (Wildman–Crippen LogP) is -0.279. The Hall–Kier alpha value is -1.06. The van der Waals surface area contributed by atoms with E-state index in [2.05, 4.69) is 9.47 Å². The highest BCUT2D eigenvalue weighted by Gasteiger charge is 1.98. The lowest BCUT2D eigenvalue weighted by atomic mass is 10.4. The van der Waals surface area contributed by atoms with E-state index in [9.17, 15) is 9.59 Å². The standard InChI is InChI=1S/C5H8O4/c1-5(9-4-7)2-8-3-6/h3-5H,2H2,1H3. The summed E-state index contributed by atoms with van der Waals surface area (Å²) in [4.78, 5) is 19.2. The lowest BCUT2D eigenvalue weighted by Gasteiger charge is -2.05. The fraction of sp³-hybridized carbons (Fsp3) is 0.600. The summed E-state index contributed by atoms with van der Waals surface area (Å²) in [7, 11) is 0. The van der Waals surface area contributed by atoms with Crippen molar-refractivity contribution >= 4 is 12.9 Å². The summed E-state index contributed by atoms with van der Waals surface area (Å²) in [5.41, 5.74) is 0. The molecule has 0 aliphatic carbocycles. The summed E-state index contributed by atoms with van der Waals surface area (Å²) >= 11 is 0. The van der Waals surface area contributed by atoms with Crippen molar-refractivity contribution in [2.45, 2.75) is 13.0 Å². The molecule has 4 nitrogen and oxygen atoms in total. The first-order valence-corrected chi connectivity index (χ1v) is 2.45. The molecule has 0 spiro atoms. The summed E-state index contributed by atoms with van der Waals surface area (Å²) < 4.78 is 8.66. The molecule has 0 amide bonds. The first-order valence-electron chi connectivity index (χ1n) is 2.45. The van der Waals surface area contributed by atoms with Gasteiger partial charge in [0.2, 0.25) is 0 Å². The highest BCUT2D eigenvalue weighted by atomic mass is 16.6. The molecule has 0 rings (SSSR count). The van der Waals surface area contributed by atoms with Crippen molar-refractivity contribution in [3.8, 4) is 0 Å². The second-order valence-corrected chi connectivity index (χ2v) is 1.47. The van der Waals surface area contributed by atoms with Crippen LogP contribution in [0.15, 0.2) is 0 Å². The summed E-state index contributed by atoms with van der Waals surface area (Å²) in [6.45, 7) is 2.36. The van der Waals surface area contributed by atoms with Gasteiger partial charge in [0.1, 0.15) is 12.7 Å². The number of rotatable bonds is 5. The summed E-state index contributed by atoms with van der Waals surface area (Å²) in [6.07, 6.45) is -0.354. The van der Waals surface area contributed by atoms with E-state index in [4.69, 9.17) is 0 Å². The predicted molar refractivity (Wildman–Crippen MR) is 28.6 cm³/mol. The van der Waals surface area contributed by atoms with Crippen molar-refractivity contribution < 1.29 is 19.1 Å². The van der Waals surface area contributed by atoms with Gasteiger partial charge in [-0.25, -0.2) is 0 Å². The lowest BCUT2D eigenvalue weighted by Crippen LogP contribution is -2.14. The van der Waals surface area contributed by atoms with E-state index >= 15 is 0 Å². The third kappa shape index (κ3) is 4.80. The fourth-order valence-corrected chi connectivity index (χ4v) is 0.309. The molecule has 0 heterocycles. The highest BCUT2D eigenvalue weighted by Crippen LogP contribution is 1.85. The zero-order valence-electron chi connectivity index (χ0n) is 5.07. The number of carbonyl (C=O) groups is 2. The van der Waals surface area contributed by atoms with Crippen LogP contribution < -0.4 is 0 Å². The molecule has 0 aromatic heterocycles. The van der Waals surface area contributed by atoms with Crippen LogP contribution in [0.2, 0.25) is 0 Å². The normalized spacial score (nSPS) is 11.7. The maximum Gasteiger partial charge on any atom is 0.293 e. The largest absolute Gasteiger partial charge is 0.464 e. The third-order valence-electron chi connectivity index (χ3n) is 0.687. The van der Waals surface area contributed by atoms with Gasteiger partial charge in [-0.05, 0) is 6.92 Å². The molecule has 52 valence electrons. The maximum absolute atomic E-state index is 9.61. The van der Waals surface area contributed by atoms with Crippen molar-refractivity contribution in [2.75, 3.05) is 6.61 Å². The van der Waals surface area contributed by atoms with Gasteiger partial charge < -0.3 is 9.47 Å². The van der Waals surface area contributed by atoms with E-state index in [0.29, 0.717) is 12.9 Å². The Kier molecular flexibility index (Phi) is 4.49. The Morgan fingerprint density at radius 2 is 2.11 bits per heavy atom. The number of carbonyl (C=O) groups excluding carboxylic acids is 2. The molecule has 1 unspecified atom stereocenters. The van der Waals surface area contributed by atoms with Crippen LogP contribution in [-0.2, 0) is 19.1 Å². The minimum Gasteiger partial charge on any atom is -0.464 e. The molecule has 0 aromatic carbocycles. The molecule has 1 atom stereocenters. The van der Waals surface area contributed by atoms with Crippen LogP contribution >= 0.6 is 0 Å². The van der Waals surface area contributed by atoms with Gasteiger partial charge in [-0.3, -0.25) is 9.59 Å². The lowest BCUT2D eigenvalue weighted by molar-refractivity contribution is -0.141. The Labute approximate surface area is 52.7 Å². The average molecular weight is 132 g/mol. The van der Waals surface area contributed by atoms with Crippen LogP contribution in [-0.4, -0.2) is 25.7 Å². The van der Waals surface area contributed by atoms with Crippen molar-refractivity contribution in [3.63, 3.8) is 0 Å². The van der Waals surface area contributed by atoms with Gasteiger partial charge in [0.25, 0.3) is 12.9 Å². The molecule has 0 aliphatic heterocycles. The first kappa shape index (κ1) is 7.94. The number of ether oxygens (including phenoxy) is 2.